The van der Waals surface area contributed by atoms with Crippen LogP contribution in [0.25, 0.3) is 11.1 Å². The van der Waals surface area contributed by atoms with Crippen LogP contribution in [-0.4, -0.2) is 63.5 Å². The number of rotatable bonds is 9. The number of hydrogen-bond acceptors (Lipinski definition) is 7. The molecule has 5 rings (SSSR count). The normalized spacial score (nSPS) is 15.4. The number of hydrogen-bond donors (Lipinski definition) is 3. The number of carbonyl (C=O) groups excluding carboxylic acids is 3. The van der Waals surface area contributed by atoms with Gasteiger partial charge in [0.2, 0.25) is 11.7 Å². The fourth-order valence-corrected chi connectivity index (χ4v) is 5.45. The van der Waals surface area contributed by atoms with Gasteiger partial charge in [-0.05, 0) is 53.9 Å². The van der Waals surface area contributed by atoms with E-state index in [0.29, 0.717) is 5.56 Å². The summed E-state index contributed by atoms with van der Waals surface area (Å²) in [7, 11) is 0. The van der Waals surface area contributed by atoms with E-state index < -0.39 is 60.1 Å². The van der Waals surface area contributed by atoms with E-state index in [-0.39, 0.29) is 51.8 Å². The molecule has 4 N–H and O–H groups in total. The van der Waals surface area contributed by atoms with Crippen molar-refractivity contribution in [2.45, 2.75) is 25.1 Å². The topological polar surface area (TPSA) is 142 Å². The summed E-state index contributed by atoms with van der Waals surface area (Å²) in [5.74, 6) is 2.34. The molecular weight excluding hydrogens is 633 g/mol. The SMILES string of the molecule is N=C(C(N)=O)c1cc(C#Cc2ncccn2)ccc1NCC(=O)N1C[C@H](F)C[C@H]1C(=O)Cc1cccc(-c2ccc(F)cc2Cl)c1F. The van der Waals surface area contributed by atoms with Crippen LogP contribution in [0.3, 0.4) is 0 Å². The molecule has 0 aliphatic carbocycles. The fraction of sp³-hybridized carbons (Fsp3) is 0.176. The highest BCUT2D eigenvalue weighted by Gasteiger charge is 2.39. The molecule has 0 saturated carbocycles. The predicted molar refractivity (Wildman–Crippen MR) is 169 cm³/mol. The van der Waals surface area contributed by atoms with Crippen LogP contribution >= 0.6 is 11.6 Å². The van der Waals surface area contributed by atoms with Gasteiger partial charge in [0.1, 0.15) is 23.5 Å². The maximum atomic E-state index is 15.5. The molecule has 1 saturated heterocycles. The second kappa shape index (κ2) is 14.3. The standard InChI is InChI=1S/C34H26ClF3N6O3/c35-26-15-21(36)7-8-23(26)24-4-1-3-20(32(24)38)14-29(45)28-16-22(37)18-44(28)31(46)17-43-27-9-5-19(13-25(27)33(39)34(40)47)6-10-30-41-11-2-12-42-30/h1-5,7-9,11-13,15,22,28,39,43H,14,16-18H2,(H2,40,47)/t22-,28+/m1/s1. The Morgan fingerprint density at radius 1 is 1.02 bits per heavy atom. The lowest BCUT2D eigenvalue weighted by Gasteiger charge is -2.24. The number of halogens is 4. The maximum Gasteiger partial charge on any atom is 0.267 e. The highest BCUT2D eigenvalue weighted by molar-refractivity contribution is 6.44. The van der Waals surface area contributed by atoms with E-state index in [2.05, 4.69) is 27.1 Å². The summed E-state index contributed by atoms with van der Waals surface area (Å²) in [5, 5.41) is 11.0. The van der Waals surface area contributed by atoms with Crippen LogP contribution in [0.15, 0.2) is 73.1 Å². The van der Waals surface area contributed by atoms with Gasteiger partial charge in [-0.3, -0.25) is 19.8 Å². The van der Waals surface area contributed by atoms with Gasteiger partial charge in [-0.25, -0.2) is 23.1 Å². The lowest BCUT2D eigenvalue weighted by atomic mass is 9.96. The molecule has 2 amide bonds. The third-order valence-electron chi connectivity index (χ3n) is 7.46. The second-order valence-electron chi connectivity index (χ2n) is 10.6. The van der Waals surface area contributed by atoms with Crippen molar-refractivity contribution in [3.8, 4) is 23.0 Å². The highest BCUT2D eigenvalue weighted by atomic mass is 35.5. The van der Waals surface area contributed by atoms with Gasteiger partial charge in [0.05, 0.1) is 24.2 Å². The number of Topliss-reactive ketones (excluding diaryl/α,β-unsaturated/α-hetero) is 1. The number of nitrogens with one attached hydrogen (secondary N) is 2. The van der Waals surface area contributed by atoms with Gasteiger partial charge in [-0.15, -0.1) is 0 Å². The molecule has 4 aromatic rings. The molecule has 1 aromatic heterocycles. The Balaban J connectivity index is 1.31. The largest absolute Gasteiger partial charge is 0.376 e. The summed E-state index contributed by atoms with van der Waals surface area (Å²) < 4.78 is 43.6. The number of primary amides is 1. The van der Waals surface area contributed by atoms with Crippen molar-refractivity contribution in [2.24, 2.45) is 5.73 Å². The molecule has 2 atom stereocenters. The molecule has 2 heterocycles. The summed E-state index contributed by atoms with van der Waals surface area (Å²) in [4.78, 5) is 47.6. The maximum absolute atomic E-state index is 15.5. The lowest BCUT2D eigenvalue weighted by molar-refractivity contribution is -0.136. The molecule has 1 fully saturated rings. The summed E-state index contributed by atoms with van der Waals surface area (Å²) in [6, 6.07) is 12.9. The highest BCUT2D eigenvalue weighted by Crippen LogP contribution is 2.32. The Hall–Kier alpha value is -5.54. The monoisotopic (exact) mass is 658 g/mol. The first kappa shape index (κ1) is 32.8. The Morgan fingerprint density at radius 2 is 1.79 bits per heavy atom. The molecule has 0 spiro atoms. The summed E-state index contributed by atoms with van der Waals surface area (Å²) >= 11 is 6.12. The third kappa shape index (κ3) is 7.65. The van der Waals surface area contributed by atoms with Gasteiger partial charge < -0.3 is 16.0 Å². The van der Waals surface area contributed by atoms with E-state index in [1.165, 1.54) is 48.8 Å². The van der Waals surface area contributed by atoms with Crippen molar-refractivity contribution in [2.75, 3.05) is 18.4 Å². The smallest absolute Gasteiger partial charge is 0.267 e. The number of alkyl halides is 1. The Kier molecular flexibility index (Phi) is 9.97. The van der Waals surface area contributed by atoms with E-state index in [1.807, 2.05) is 0 Å². The predicted octanol–water partition coefficient (Wildman–Crippen LogP) is 4.49. The molecule has 238 valence electrons. The molecule has 13 heteroatoms. The molecule has 3 aromatic carbocycles. The minimum atomic E-state index is -1.48. The average Bonchev–Trinajstić information content (AvgIpc) is 3.46. The van der Waals surface area contributed by atoms with Crippen molar-refractivity contribution in [1.82, 2.24) is 14.9 Å². The third-order valence-corrected chi connectivity index (χ3v) is 7.77. The zero-order chi connectivity index (χ0) is 33.7. The summed E-state index contributed by atoms with van der Waals surface area (Å²) in [5.41, 5.74) is 5.82. The quantitative estimate of drug-likeness (QED) is 0.179. The Labute approximate surface area is 272 Å². The first-order valence-electron chi connectivity index (χ1n) is 14.3. The van der Waals surface area contributed by atoms with E-state index in [1.54, 1.807) is 12.1 Å². The number of benzene rings is 3. The van der Waals surface area contributed by atoms with Crippen LogP contribution in [0.2, 0.25) is 5.02 Å². The number of nitrogens with two attached hydrogens (primary N) is 1. The van der Waals surface area contributed by atoms with Gasteiger partial charge >= 0.3 is 0 Å². The number of aromatic nitrogens is 2. The molecular formula is C34H26ClF3N6O3. The van der Waals surface area contributed by atoms with E-state index in [4.69, 9.17) is 22.7 Å². The first-order valence-corrected chi connectivity index (χ1v) is 14.6. The first-order chi connectivity index (χ1) is 22.5. The number of carbonyl (C=O) groups is 3. The lowest BCUT2D eigenvalue weighted by Crippen LogP contribution is -2.44. The van der Waals surface area contributed by atoms with Crippen molar-refractivity contribution in [3.63, 3.8) is 0 Å². The molecule has 1 aliphatic heterocycles. The number of ketones is 1. The molecule has 0 unspecified atom stereocenters. The van der Waals surface area contributed by atoms with Gasteiger partial charge in [0.25, 0.3) is 5.91 Å². The van der Waals surface area contributed by atoms with Gasteiger partial charge in [0.15, 0.2) is 5.78 Å². The van der Waals surface area contributed by atoms with Crippen LogP contribution in [-0.2, 0) is 20.8 Å². The fourth-order valence-electron chi connectivity index (χ4n) is 5.18. The van der Waals surface area contributed by atoms with Crippen LogP contribution in [0.1, 0.15) is 28.9 Å². The minimum absolute atomic E-state index is 0.00816. The zero-order valence-corrected chi connectivity index (χ0v) is 25.3. The molecule has 47 heavy (non-hydrogen) atoms. The number of amides is 2. The number of nitrogens with zero attached hydrogens (tertiary/aromatic N) is 3. The van der Waals surface area contributed by atoms with Crippen molar-refractivity contribution in [3.05, 3.63) is 112 Å². The Morgan fingerprint density at radius 3 is 2.51 bits per heavy atom. The van der Waals surface area contributed by atoms with E-state index >= 15 is 4.39 Å². The zero-order valence-electron chi connectivity index (χ0n) is 24.6. The van der Waals surface area contributed by atoms with Crippen LogP contribution in [0, 0.1) is 28.9 Å². The van der Waals surface area contributed by atoms with E-state index in [9.17, 15) is 23.2 Å². The Bertz CT molecular complexity index is 1950. The minimum Gasteiger partial charge on any atom is -0.376 e. The van der Waals surface area contributed by atoms with Crippen LogP contribution < -0.4 is 11.1 Å². The van der Waals surface area contributed by atoms with Gasteiger partial charge in [-0.2, -0.15) is 0 Å². The van der Waals surface area contributed by atoms with Crippen LogP contribution in [0.4, 0.5) is 18.9 Å². The molecule has 9 nitrogen and oxygen atoms in total. The number of anilines is 1. The summed E-state index contributed by atoms with van der Waals surface area (Å²) in [6.07, 6.45) is 0.893. The molecule has 0 radical (unpaired) electrons. The number of likely N-dealkylation sites (tertiary alicyclic amines) is 1. The van der Waals surface area contributed by atoms with Gasteiger partial charge in [0, 0.05) is 53.2 Å². The molecule has 0 bridgehead atoms. The van der Waals surface area contributed by atoms with E-state index in [0.717, 1.165) is 17.0 Å². The van der Waals surface area contributed by atoms with Gasteiger partial charge in [-0.1, -0.05) is 35.7 Å². The van der Waals surface area contributed by atoms with Crippen LogP contribution in [0.5, 0.6) is 0 Å². The van der Waals surface area contributed by atoms with Crippen molar-refractivity contribution in [1.29, 1.82) is 5.41 Å². The van der Waals surface area contributed by atoms with Crippen molar-refractivity contribution >= 4 is 40.6 Å². The second-order valence-corrected chi connectivity index (χ2v) is 11.0. The van der Waals surface area contributed by atoms with Crippen molar-refractivity contribution < 1.29 is 27.6 Å². The summed E-state index contributed by atoms with van der Waals surface area (Å²) in [6.45, 7) is -0.754. The average molecular weight is 659 g/mol. The molecule has 1 aliphatic rings.